The zero-order chi connectivity index (χ0) is 15.6. The Kier molecular flexibility index (Phi) is 4.46. The van der Waals surface area contributed by atoms with Gasteiger partial charge in [0.1, 0.15) is 5.54 Å². The van der Waals surface area contributed by atoms with Crippen LogP contribution in [-0.2, 0) is 14.8 Å². The first-order chi connectivity index (χ1) is 9.12. The van der Waals surface area contributed by atoms with Crippen LogP contribution in [0.3, 0.4) is 0 Å². The molecule has 0 spiro atoms. The molecule has 1 aromatic carbocycles. The van der Waals surface area contributed by atoms with Crippen LogP contribution in [0.1, 0.15) is 20.3 Å². The Labute approximate surface area is 115 Å². The van der Waals surface area contributed by atoms with Crippen LogP contribution in [0.2, 0.25) is 0 Å². The fourth-order valence-electron chi connectivity index (χ4n) is 1.39. The first-order valence-corrected chi connectivity index (χ1v) is 7.12. The minimum atomic E-state index is -4.17. The van der Waals surface area contributed by atoms with Crippen LogP contribution in [0.4, 0.5) is 5.69 Å². The lowest BCUT2D eigenvalue weighted by molar-refractivity contribution is -0.385. The van der Waals surface area contributed by atoms with Crippen molar-refractivity contribution in [1.82, 2.24) is 4.72 Å². The summed E-state index contributed by atoms with van der Waals surface area (Å²) in [6.07, 6.45) is 0.0243. The second-order valence-electron chi connectivity index (χ2n) is 4.35. The van der Waals surface area contributed by atoms with Crippen LogP contribution in [0.5, 0.6) is 0 Å². The number of aliphatic carboxylic acids is 1. The summed E-state index contributed by atoms with van der Waals surface area (Å²) >= 11 is 0. The maximum absolute atomic E-state index is 12.1. The number of carboxylic acid groups (broad SMARTS) is 1. The number of nitrogens with one attached hydrogen (secondary N) is 1. The molecule has 0 aliphatic heterocycles. The largest absolute Gasteiger partial charge is 0.480 e. The van der Waals surface area contributed by atoms with Crippen LogP contribution in [-0.4, -0.2) is 30.0 Å². The molecule has 110 valence electrons. The van der Waals surface area contributed by atoms with E-state index in [0.29, 0.717) is 0 Å². The summed E-state index contributed by atoms with van der Waals surface area (Å²) < 4.78 is 26.2. The van der Waals surface area contributed by atoms with Gasteiger partial charge in [-0.15, -0.1) is 0 Å². The summed E-state index contributed by atoms with van der Waals surface area (Å²) in [5.41, 5.74) is -2.06. The van der Waals surface area contributed by atoms with E-state index in [-0.39, 0.29) is 17.0 Å². The number of hydrogen-bond acceptors (Lipinski definition) is 5. The van der Waals surface area contributed by atoms with Crippen molar-refractivity contribution in [3.63, 3.8) is 0 Å². The van der Waals surface area contributed by atoms with Crippen LogP contribution >= 0.6 is 0 Å². The summed E-state index contributed by atoms with van der Waals surface area (Å²) in [7, 11) is -4.17. The molecule has 0 saturated carbocycles. The first kappa shape index (κ1) is 16.1. The lowest BCUT2D eigenvalue weighted by Crippen LogP contribution is -2.51. The minimum absolute atomic E-state index is 0.0243. The fourth-order valence-corrected chi connectivity index (χ4v) is 2.86. The number of carbonyl (C=O) groups is 1. The van der Waals surface area contributed by atoms with Crippen molar-refractivity contribution in [2.75, 3.05) is 0 Å². The highest BCUT2D eigenvalue weighted by Crippen LogP contribution is 2.20. The van der Waals surface area contributed by atoms with Crippen molar-refractivity contribution >= 4 is 21.7 Å². The zero-order valence-electron chi connectivity index (χ0n) is 10.9. The minimum Gasteiger partial charge on any atom is -0.480 e. The Bertz CT molecular complexity index is 642. The van der Waals surface area contributed by atoms with E-state index in [1.54, 1.807) is 0 Å². The fraction of sp³-hybridized carbons (Fsp3) is 0.364. The van der Waals surface area contributed by atoms with E-state index in [2.05, 4.69) is 4.72 Å². The SMILES string of the molecule is CCC(C)(NS(=O)(=O)c1cccc([N+](=O)[O-])c1)C(=O)O. The summed E-state index contributed by atoms with van der Waals surface area (Å²) in [5, 5.41) is 19.7. The molecule has 1 unspecified atom stereocenters. The lowest BCUT2D eigenvalue weighted by Gasteiger charge is -2.24. The van der Waals surface area contributed by atoms with Gasteiger partial charge in [-0.2, -0.15) is 4.72 Å². The molecule has 20 heavy (non-hydrogen) atoms. The molecule has 0 bridgehead atoms. The van der Waals surface area contributed by atoms with Crippen molar-refractivity contribution in [1.29, 1.82) is 0 Å². The average molecular weight is 302 g/mol. The third-order valence-corrected chi connectivity index (χ3v) is 4.47. The number of nitro benzene ring substituents is 1. The van der Waals surface area contributed by atoms with Crippen molar-refractivity contribution in [2.45, 2.75) is 30.7 Å². The smallest absolute Gasteiger partial charge is 0.324 e. The predicted molar refractivity (Wildman–Crippen MR) is 69.7 cm³/mol. The maximum atomic E-state index is 12.1. The molecule has 2 N–H and O–H groups in total. The molecule has 8 nitrogen and oxygen atoms in total. The maximum Gasteiger partial charge on any atom is 0.324 e. The van der Waals surface area contributed by atoms with Gasteiger partial charge in [0.05, 0.1) is 9.82 Å². The van der Waals surface area contributed by atoms with Crippen LogP contribution in [0, 0.1) is 10.1 Å². The van der Waals surface area contributed by atoms with Crippen LogP contribution in [0.25, 0.3) is 0 Å². The Morgan fingerprint density at radius 1 is 1.50 bits per heavy atom. The van der Waals surface area contributed by atoms with Crippen molar-refractivity contribution in [3.8, 4) is 0 Å². The van der Waals surface area contributed by atoms with E-state index in [0.717, 1.165) is 18.2 Å². The Morgan fingerprint density at radius 3 is 2.55 bits per heavy atom. The third-order valence-electron chi connectivity index (χ3n) is 2.88. The van der Waals surface area contributed by atoms with Gasteiger partial charge < -0.3 is 5.11 Å². The first-order valence-electron chi connectivity index (χ1n) is 5.64. The quantitative estimate of drug-likeness (QED) is 0.599. The molecule has 0 aromatic heterocycles. The molecule has 0 aliphatic rings. The third kappa shape index (κ3) is 3.31. The summed E-state index contributed by atoms with van der Waals surface area (Å²) in [5.74, 6) is -1.32. The van der Waals surface area contributed by atoms with Gasteiger partial charge in [-0.25, -0.2) is 8.42 Å². The van der Waals surface area contributed by atoms with Gasteiger partial charge in [0.25, 0.3) is 5.69 Å². The number of hydrogen-bond donors (Lipinski definition) is 2. The van der Waals surface area contributed by atoms with E-state index in [9.17, 15) is 23.3 Å². The Morgan fingerprint density at radius 2 is 2.10 bits per heavy atom. The van der Waals surface area contributed by atoms with Gasteiger partial charge in [0.15, 0.2) is 0 Å². The second kappa shape index (κ2) is 5.55. The number of non-ortho nitro benzene ring substituents is 1. The van der Waals surface area contributed by atoms with E-state index >= 15 is 0 Å². The van der Waals surface area contributed by atoms with Crippen LogP contribution < -0.4 is 4.72 Å². The van der Waals surface area contributed by atoms with Gasteiger partial charge >= 0.3 is 5.97 Å². The van der Waals surface area contributed by atoms with Crippen LogP contribution in [0.15, 0.2) is 29.2 Å². The topological polar surface area (TPSA) is 127 Å². The molecule has 9 heteroatoms. The van der Waals surface area contributed by atoms with Crippen molar-refractivity contribution in [3.05, 3.63) is 34.4 Å². The van der Waals surface area contributed by atoms with E-state index in [4.69, 9.17) is 5.11 Å². The summed E-state index contributed by atoms with van der Waals surface area (Å²) in [6.45, 7) is 2.74. The second-order valence-corrected chi connectivity index (χ2v) is 6.03. The molecular formula is C11H14N2O6S. The van der Waals surface area contributed by atoms with Gasteiger partial charge in [-0.05, 0) is 19.4 Å². The highest BCUT2D eigenvalue weighted by Gasteiger charge is 2.36. The molecule has 0 aliphatic carbocycles. The van der Waals surface area contributed by atoms with Gasteiger partial charge in [-0.1, -0.05) is 13.0 Å². The number of nitro groups is 1. The number of carboxylic acids is 1. The molecule has 1 atom stereocenters. The van der Waals surface area contributed by atoms with E-state index < -0.39 is 26.5 Å². The molecule has 1 rings (SSSR count). The number of nitrogens with zero attached hydrogens (tertiary/aromatic N) is 1. The van der Waals surface area contributed by atoms with Gasteiger partial charge in [0.2, 0.25) is 10.0 Å². The molecule has 0 fully saturated rings. The summed E-state index contributed by atoms with van der Waals surface area (Å²) in [6, 6.07) is 4.40. The Balaban J connectivity index is 3.21. The number of rotatable bonds is 6. The molecule has 0 saturated heterocycles. The van der Waals surface area contributed by atoms with E-state index in [1.165, 1.54) is 19.9 Å². The van der Waals surface area contributed by atoms with Gasteiger partial charge in [0, 0.05) is 12.1 Å². The Hall–Kier alpha value is -2.00. The average Bonchev–Trinajstić information content (AvgIpc) is 2.38. The molecular weight excluding hydrogens is 288 g/mol. The van der Waals surface area contributed by atoms with Crippen molar-refractivity contribution in [2.24, 2.45) is 0 Å². The normalized spacial score (nSPS) is 14.5. The van der Waals surface area contributed by atoms with Gasteiger partial charge in [-0.3, -0.25) is 14.9 Å². The number of benzene rings is 1. The molecule has 1 aromatic rings. The highest BCUT2D eigenvalue weighted by molar-refractivity contribution is 7.89. The predicted octanol–water partition coefficient (Wildman–Crippen LogP) is 1.13. The zero-order valence-corrected chi connectivity index (χ0v) is 11.7. The monoisotopic (exact) mass is 302 g/mol. The molecule has 0 radical (unpaired) electrons. The molecule has 0 heterocycles. The lowest BCUT2D eigenvalue weighted by atomic mass is 10.0. The van der Waals surface area contributed by atoms with Crippen molar-refractivity contribution < 1.29 is 23.2 Å². The summed E-state index contributed by atoms with van der Waals surface area (Å²) in [4.78, 5) is 20.6. The standard InChI is InChI=1S/C11H14N2O6S/c1-3-11(2,10(14)15)12-20(18,19)9-6-4-5-8(7-9)13(16)17/h4-7,12H,3H2,1-2H3,(H,14,15). The highest BCUT2D eigenvalue weighted by atomic mass is 32.2. The number of sulfonamides is 1. The van der Waals surface area contributed by atoms with E-state index in [1.807, 2.05) is 0 Å². The molecule has 0 amide bonds.